The fraction of sp³-hybridized carbons (Fsp3) is 0.192. The fourth-order valence-corrected chi connectivity index (χ4v) is 3.57. The molecule has 35 heavy (non-hydrogen) atoms. The maximum absolute atomic E-state index is 12.5. The first-order chi connectivity index (χ1) is 16.7. The molecule has 0 radical (unpaired) electrons. The number of aromatic nitrogens is 1. The van der Waals surface area contributed by atoms with E-state index in [2.05, 4.69) is 33.0 Å². The van der Waals surface area contributed by atoms with Crippen LogP contribution in [0.5, 0.6) is 5.75 Å². The fourth-order valence-electron chi connectivity index (χ4n) is 3.40. The van der Waals surface area contributed by atoms with Gasteiger partial charge >= 0.3 is 6.36 Å². The molecule has 9 heteroatoms. The van der Waals surface area contributed by atoms with Crippen LogP contribution in [0, 0.1) is 17.2 Å². The summed E-state index contributed by atoms with van der Waals surface area (Å²) in [6, 6.07) is 18.4. The summed E-state index contributed by atoms with van der Waals surface area (Å²) in [6.45, 7) is 4.52. The Balaban J connectivity index is 1.56. The van der Waals surface area contributed by atoms with Gasteiger partial charge in [-0.15, -0.1) is 13.2 Å². The summed E-state index contributed by atoms with van der Waals surface area (Å²) < 4.78 is 41.5. The van der Waals surface area contributed by atoms with Gasteiger partial charge in [0.25, 0.3) is 0 Å². The zero-order valence-corrected chi connectivity index (χ0v) is 19.3. The van der Waals surface area contributed by atoms with Crippen molar-refractivity contribution in [2.45, 2.75) is 25.7 Å². The monoisotopic (exact) mass is 494 g/mol. The predicted molar refractivity (Wildman–Crippen MR) is 132 cm³/mol. The molecule has 4 rings (SSSR count). The number of thiocarbonyl (C=S) groups is 1. The molecule has 0 unspecified atom stereocenters. The smallest absolute Gasteiger partial charge is 0.406 e. The minimum atomic E-state index is -4.75. The summed E-state index contributed by atoms with van der Waals surface area (Å²) in [6.07, 6.45) is -2.61. The minimum Gasteiger partial charge on any atom is -0.406 e. The van der Waals surface area contributed by atoms with Gasteiger partial charge in [0, 0.05) is 12.2 Å². The summed E-state index contributed by atoms with van der Waals surface area (Å²) in [5, 5.41) is 15.4. The van der Waals surface area contributed by atoms with Gasteiger partial charge in [-0.1, -0.05) is 43.1 Å². The standard InChI is InChI=1S/C26H21F3N4OS/c1-16(19-6-7-19)32-24-13-21(20-8-10-22(11-9-20)34-26(27,28)29)12-23(33-24)25(35)31-15-18-4-2-17(14-30)3-5-18/h2-5,8-13,19H,1,6-7,15H2,(H,31,35)(H,32,33). The van der Waals surface area contributed by atoms with Crippen LogP contribution in [0.15, 0.2) is 72.9 Å². The second kappa shape index (κ2) is 10.2. The minimum absolute atomic E-state index is 0.296. The van der Waals surface area contributed by atoms with E-state index in [9.17, 15) is 13.2 Å². The molecule has 0 amide bonds. The zero-order chi connectivity index (χ0) is 25.0. The largest absolute Gasteiger partial charge is 0.573 e. The molecular weight excluding hydrogens is 473 g/mol. The van der Waals surface area contributed by atoms with Crippen molar-refractivity contribution in [3.63, 3.8) is 0 Å². The molecule has 5 nitrogen and oxygen atoms in total. The molecule has 1 saturated carbocycles. The van der Waals surface area contributed by atoms with Crippen LogP contribution >= 0.6 is 12.2 Å². The third-order valence-corrected chi connectivity index (χ3v) is 5.73. The number of nitrogens with zero attached hydrogens (tertiary/aromatic N) is 2. The van der Waals surface area contributed by atoms with Gasteiger partial charge in [-0.2, -0.15) is 5.26 Å². The number of halogens is 3. The molecule has 0 spiro atoms. The number of anilines is 1. The Labute approximate surface area is 206 Å². The lowest BCUT2D eigenvalue weighted by molar-refractivity contribution is -0.274. The van der Waals surface area contributed by atoms with Gasteiger partial charge < -0.3 is 15.4 Å². The molecule has 0 saturated heterocycles. The van der Waals surface area contributed by atoms with Gasteiger partial charge in [-0.25, -0.2) is 4.98 Å². The van der Waals surface area contributed by atoms with E-state index < -0.39 is 6.36 Å². The molecule has 2 N–H and O–H groups in total. The quantitative estimate of drug-likeness (QED) is 0.357. The molecule has 1 aliphatic rings. The summed E-state index contributed by atoms with van der Waals surface area (Å²) in [7, 11) is 0. The van der Waals surface area contributed by atoms with Crippen LogP contribution < -0.4 is 15.4 Å². The van der Waals surface area contributed by atoms with Crippen LogP contribution in [0.25, 0.3) is 11.1 Å². The number of alkyl halides is 3. The maximum Gasteiger partial charge on any atom is 0.573 e. The molecule has 1 aliphatic carbocycles. The Bertz CT molecular complexity index is 1280. The van der Waals surface area contributed by atoms with Gasteiger partial charge in [0.05, 0.1) is 11.6 Å². The normalized spacial score (nSPS) is 13.0. The van der Waals surface area contributed by atoms with E-state index in [4.69, 9.17) is 17.5 Å². The summed E-state index contributed by atoms with van der Waals surface area (Å²) >= 11 is 5.57. The average molecular weight is 495 g/mol. The highest BCUT2D eigenvalue weighted by atomic mass is 32.1. The highest BCUT2D eigenvalue weighted by molar-refractivity contribution is 7.80. The van der Waals surface area contributed by atoms with E-state index in [1.54, 1.807) is 36.4 Å². The molecule has 0 atom stereocenters. The molecule has 0 aliphatic heterocycles. The van der Waals surface area contributed by atoms with Crippen LogP contribution in [0.3, 0.4) is 0 Å². The van der Waals surface area contributed by atoms with E-state index in [-0.39, 0.29) is 5.75 Å². The molecule has 1 fully saturated rings. The van der Waals surface area contributed by atoms with Crippen molar-refractivity contribution in [1.29, 1.82) is 5.26 Å². The number of benzene rings is 2. The van der Waals surface area contributed by atoms with Crippen molar-refractivity contribution in [3.8, 4) is 22.9 Å². The second-order valence-corrected chi connectivity index (χ2v) is 8.52. The first-order valence-corrected chi connectivity index (χ1v) is 11.2. The van der Waals surface area contributed by atoms with Crippen LogP contribution in [-0.4, -0.2) is 16.3 Å². The molecule has 0 bridgehead atoms. The third-order valence-electron chi connectivity index (χ3n) is 5.37. The van der Waals surface area contributed by atoms with Gasteiger partial charge in [0.2, 0.25) is 0 Å². The summed E-state index contributed by atoms with van der Waals surface area (Å²) in [5.74, 6) is 0.660. The lowest BCUT2D eigenvalue weighted by Gasteiger charge is -2.14. The Hall–Kier alpha value is -3.90. The number of hydrogen-bond acceptors (Lipinski definition) is 5. The van der Waals surface area contributed by atoms with Crippen molar-refractivity contribution in [2.75, 3.05) is 5.32 Å². The maximum atomic E-state index is 12.5. The molecule has 1 aromatic heterocycles. The number of nitrogens with one attached hydrogen (secondary N) is 2. The number of allylic oxidation sites excluding steroid dienone is 1. The molecule has 178 valence electrons. The topological polar surface area (TPSA) is 70.0 Å². The summed E-state index contributed by atoms with van der Waals surface area (Å²) in [4.78, 5) is 5.03. The van der Waals surface area contributed by atoms with E-state index in [1.165, 1.54) is 12.1 Å². The van der Waals surface area contributed by atoms with Crippen LogP contribution in [0.2, 0.25) is 0 Å². The van der Waals surface area contributed by atoms with Crippen molar-refractivity contribution in [2.24, 2.45) is 5.92 Å². The van der Waals surface area contributed by atoms with E-state index in [1.807, 2.05) is 12.1 Å². The second-order valence-electron chi connectivity index (χ2n) is 8.11. The summed E-state index contributed by atoms with van der Waals surface area (Å²) in [5.41, 5.74) is 4.30. The Morgan fingerprint density at radius 1 is 1.09 bits per heavy atom. The number of rotatable bonds is 8. The lowest BCUT2D eigenvalue weighted by atomic mass is 10.1. The van der Waals surface area contributed by atoms with Crippen LogP contribution in [0.4, 0.5) is 19.0 Å². The number of pyridine rings is 1. The lowest BCUT2D eigenvalue weighted by Crippen LogP contribution is -2.23. The zero-order valence-electron chi connectivity index (χ0n) is 18.5. The Morgan fingerprint density at radius 3 is 2.37 bits per heavy atom. The van der Waals surface area contributed by atoms with Gasteiger partial charge in [-0.3, -0.25) is 0 Å². The van der Waals surface area contributed by atoms with Crippen molar-refractivity contribution in [3.05, 3.63) is 89.8 Å². The number of hydrogen-bond donors (Lipinski definition) is 2. The molecule has 2 aromatic carbocycles. The number of ether oxygens (including phenoxy) is 1. The van der Waals surface area contributed by atoms with Crippen molar-refractivity contribution >= 4 is 23.0 Å². The first-order valence-electron chi connectivity index (χ1n) is 10.8. The highest BCUT2D eigenvalue weighted by Crippen LogP contribution is 2.36. The predicted octanol–water partition coefficient (Wildman–Crippen LogP) is 6.32. The SMILES string of the molecule is C=C(Nc1cc(-c2ccc(OC(F)(F)F)cc2)cc(C(=S)NCc2ccc(C#N)cc2)n1)C1CC1. The van der Waals surface area contributed by atoms with Crippen LogP contribution in [-0.2, 0) is 6.54 Å². The number of nitriles is 1. The van der Waals surface area contributed by atoms with Gasteiger partial charge in [-0.05, 0) is 71.8 Å². The van der Waals surface area contributed by atoms with Crippen molar-refractivity contribution in [1.82, 2.24) is 10.3 Å². The van der Waals surface area contributed by atoms with Gasteiger partial charge in [0.1, 0.15) is 22.2 Å². The van der Waals surface area contributed by atoms with Gasteiger partial charge in [0.15, 0.2) is 0 Å². The third kappa shape index (κ3) is 6.80. The van der Waals surface area contributed by atoms with E-state index in [0.717, 1.165) is 29.7 Å². The molecule has 1 heterocycles. The average Bonchev–Trinajstić information content (AvgIpc) is 3.68. The van der Waals surface area contributed by atoms with Crippen LogP contribution in [0.1, 0.15) is 29.7 Å². The Morgan fingerprint density at radius 2 is 1.77 bits per heavy atom. The molecular formula is C26H21F3N4OS. The Kier molecular flexibility index (Phi) is 7.03. The molecule has 3 aromatic rings. The van der Waals surface area contributed by atoms with E-state index >= 15 is 0 Å². The van der Waals surface area contributed by atoms with Crippen molar-refractivity contribution < 1.29 is 17.9 Å². The first kappa shape index (κ1) is 24.2. The van der Waals surface area contributed by atoms with E-state index in [0.29, 0.717) is 40.1 Å². The highest BCUT2D eigenvalue weighted by Gasteiger charge is 2.31.